The van der Waals surface area contributed by atoms with Crippen LogP contribution in [0.4, 0.5) is 5.69 Å². The maximum atomic E-state index is 12.5. The molecule has 0 aromatic heterocycles. The third-order valence-corrected chi connectivity index (χ3v) is 5.60. The topological polar surface area (TPSA) is 75.4 Å². The minimum atomic E-state index is -0.403. The van der Waals surface area contributed by atoms with Crippen LogP contribution in [0.15, 0.2) is 23.1 Å². The summed E-state index contributed by atoms with van der Waals surface area (Å²) in [6.07, 6.45) is 2.14. The normalized spacial score (nSPS) is 24.1. The number of amides is 2. The number of carbonyl (C=O) groups is 2. The molecule has 2 amide bonds. The van der Waals surface area contributed by atoms with Crippen LogP contribution in [0, 0.1) is 0 Å². The van der Waals surface area contributed by atoms with Gasteiger partial charge in [0.2, 0.25) is 11.8 Å². The van der Waals surface area contributed by atoms with E-state index in [9.17, 15) is 9.59 Å². The highest BCUT2D eigenvalue weighted by molar-refractivity contribution is 8.01. The van der Waals surface area contributed by atoms with Gasteiger partial charge in [-0.05, 0) is 31.0 Å². The Kier molecular flexibility index (Phi) is 4.61. The van der Waals surface area contributed by atoms with Crippen LogP contribution in [0.2, 0.25) is 5.02 Å². The van der Waals surface area contributed by atoms with Crippen LogP contribution in [0.5, 0.6) is 0 Å². The molecule has 2 heterocycles. The number of nitrogens with two attached hydrogens (primary N) is 1. The third-order valence-electron chi connectivity index (χ3n) is 4.09. The summed E-state index contributed by atoms with van der Waals surface area (Å²) in [6, 6.07) is 5.51. The molecule has 1 fully saturated rings. The first-order valence-electron chi connectivity index (χ1n) is 7.35. The Labute approximate surface area is 138 Å². The maximum Gasteiger partial charge on any atom is 0.238 e. The van der Waals surface area contributed by atoms with Crippen molar-refractivity contribution in [2.24, 2.45) is 5.73 Å². The molecule has 2 aliphatic heterocycles. The van der Waals surface area contributed by atoms with Gasteiger partial charge in [-0.1, -0.05) is 11.6 Å². The number of nitrogens with one attached hydrogen (secondary N) is 1. The Hall–Kier alpha value is -1.24. The molecule has 22 heavy (non-hydrogen) atoms. The minimum Gasteiger partial charge on any atom is -0.338 e. The van der Waals surface area contributed by atoms with Gasteiger partial charge in [-0.3, -0.25) is 9.59 Å². The zero-order valence-corrected chi connectivity index (χ0v) is 13.6. The van der Waals surface area contributed by atoms with Crippen LogP contribution in [0.3, 0.4) is 0 Å². The predicted molar refractivity (Wildman–Crippen MR) is 88.1 cm³/mol. The van der Waals surface area contributed by atoms with Crippen molar-refractivity contribution in [2.75, 3.05) is 18.4 Å². The second kappa shape index (κ2) is 6.48. The van der Waals surface area contributed by atoms with Gasteiger partial charge >= 0.3 is 0 Å². The average Bonchev–Trinajstić information content (AvgIpc) is 2.97. The molecule has 5 nitrogen and oxygen atoms in total. The Morgan fingerprint density at radius 3 is 3.09 bits per heavy atom. The molecule has 118 valence electrons. The Morgan fingerprint density at radius 1 is 1.50 bits per heavy atom. The number of benzene rings is 1. The molecule has 0 bridgehead atoms. The van der Waals surface area contributed by atoms with Gasteiger partial charge in [-0.15, -0.1) is 11.8 Å². The Bertz CT molecular complexity index is 610. The first-order valence-corrected chi connectivity index (χ1v) is 8.61. The number of halogens is 1. The molecule has 2 atom stereocenters. The average molecular weight is 340 g/mol. The van der Waals surface area contributed by atoms with Gasteiger partial charge in [0.1, 0.15) is 0 Å². The van der Waals surface area contributed by atoms with Gasteiger partial charge in [0.05, 0.1) is 10.9 Å². The van der Waals surface area contributed by atoms with E-state index in [0.29, 0.717) is 17.3 Å². The number of rotatable bonds is 3. The van der Waals surface area contributed by atoms with Crippen molar-refractivity contribution in [1.29, 1.82) is 0 Å². The van der Waals surface area contributed by atoms with Crippen molar-refractivity contribution < 1.29 is 9.59 Å². The zero-order valence-electron chi connectivity index (χ0n) is 12.0. The number of fused-ring (bicyclic) bond motifs is 1. The fourth-order valence-electron chi connectivity index (χ4n) is 2.94. The molecular weight excluding hydrogens is 322 g/mol. The largest absolute Gasteiger partial charge is 0.338 e. The van der Waals surface area contributed by atoms with Gasteiger partial charge in [-0.25, -0.2) is 0 Å². The number of carbonyl (C=O) groups excluding carboxylic acids is 2. The molecule has 7 heteroatoms. The van der Waals surface area contributed by atoms with E-state index in [2.05, 4.69) is 5.32 Å². The second-order valence-electron chi connectivity index (χ2n) is 5.56. The smallest absolute Gasteiger partial charge is 0.238 e. The van der Waals surface area contributed by atoms with Gasteiger partial charge in [0, 0.05) is 35.5 Å². The third kappa shape index (κ3) is 3.09. The van der Waals surface area contributed by atoms with E-state index in [0.717, 1.165) is 24.3 Å². The molecule has 0 spiro atoms. The highest BCUT2D eigenvalue weighted by Gasteiger charge is 2.33. The van der Waals surface area contributed by atoms with E-state index >= 15 is 0 Å². The molecule has 2 aliphatic rings. The van der Waals surface area contributed by atoms with Crippen LogP contribution in [0.1, 0.15) is 19.3 Å². The second-order valence-corrected chi connectivity index (χ2v) is 7.24. The van der Waals surface area contributed by atoms with E-state index in [1.165, 1.54) is 11.8 Å². The van der Waals surface area contributed by atoms with Crippen LogP contribution in [0.25, 0.3) is 0 Å². The summed E-state index contributed by atoms with van der Waals surface area (Å²) in [5.74, 6) is -0.130. The molecule has 2 unspecified atom stereocenters. The fraction of sp³-hybridized carbons (Fsp3) is 0.467. The molecule has 3 rings (SSSR count). The summed E-state index contributed by atoms with van der Waals surface area (Å²) in [5, 5.41) is 3.01. The summed E-state index contributed by atoms with van der Waals surface area (Å²) in [6.45, 7) is 1.23. The Balaban J connectivity index is 1.69. The number of hydrogen-bond donors (Lipinski definition) is 2. The van der Waals surface area contributed by atoms with Crippen molar-refractivity contribution in [3.63, 3.8) is 0 Å². The summed E-state index contributed by atoms with van der Waals surface area (Å²) in [7, 11) is 0. The van der Waals surface area contributed by atoms with E-state index in [4.69, 9.17) is 17.3 Å². The standard InChI is InChI=1S/C15H18ClN3O2S/c16-9-3-4-12-11(6-9)18-15(21)13(22-12)7-14(20)19-5-1-2-10(19)8-17/h3-4,6,10,13H,1-2,5,7-8,17H2,(H,18,21). The summed E-state index contributed by atoms with van der Waals surface area (Å²) >= 11 is 7.35. The minimum absolute atomic E-state index is 0.0120. The SMILES string of the molecule is NCC1CCCN1C(=O)CC1Sc2ccc(Cl)cc2NC1=O. The van der Waals surface area contributed by atoms with Crippen molar-refractivity contribution >= 4 is 40.9 Å². The lowest BCUT2D eigenvalue weighted by Gasteiger charge is -2.28. The van der Waals surface area contributed by atoms with Crippen molar-refractivity contribution in [1.82, 2.24) is 4.90 Å². The zero-order chi connectivity index (χ0) is 15.7. The van der Waals surface area contributed by atoms with Crippen molar-refractivity contribution in [3.8, 4) is 0 Å². The van der Waals surface area contributed by atoms with Crippen LogP contribution in [-0.4, -0.2) is 41.1 Å². The highest BCUT2D eigenvalue weighted by Crippen LogP contribution is 2.38. The molecule has 0 saturated carbocycles. The summed E-state index contributed by atoms with van der Waals surface area (Å²) in [5.41, 5.74) is 6.42. The summed E-state index contributed by atoms with van der Waals surface area (Å²) in [4.78, 5) is 27.4. The molecule has 1 saturated heterocycles. The van der Waals surface area contributed by atoms with Crippen molar-refractivity contribution in [3.05, 3.63) is 23.2 Å². The van der Waals surface area contributed by atoms with Crippen LogP contribution in [-0.2, 0) is 9.59 Å². The Morgan fingerprint density at radius 2 is 2.32 bits per heavy atom. The van der Waals surface area contributed by atoms with Gasteiger partial charge < -0.3 is 16.0 Å². The van der Waals surface area contributed by atoms with E-state index in [-0.39, 0.29) is 24.3 Å². The first kappa shape index (κ1) is 15.6. The molecule has 0 aliphatic carbocycles. The number of thioether (sulfide) groups is 1. The molecule has 0 radical (unpaired) electrons. The molecular formula is C15H18ClN3O2S. The van der Waals surface area contributed by atoms with Gasteiger partial charge in [0.15, 0.2) is 0 Å². The quantitative estimate of drug-likeness (QED) is 0.884. The lowest BCUT2D eigenvalue weighted by Crippen LogP contribution is -2.42. The van der Waals surface area contributed by atoms with Gasteiger partial charge in [-0.2, -0.15) is 0 Å². The molecule has 1 aromatic carbocycles. The van der Waals surface area contributed by atoms with Gasteiger partial charge in [0.25, 0.3) is 0 Å². The number of nitrogens with zero attached hydrogens (tertiary/aromatic N) is 1. The van der Waals surface area contributed by atoms with E-state index in [1.54, 1.807) is 12.1 Å². The number of hydrogen-bond acceptors (Lipinski definition) is 4. The van der Waals surface area contributed by atoms with E-state index < -0.39 is 5.25 Å². The molecule has 3 N–H and O–H groups in total. The lowest BCUT2D eigenvalue weighted by molar-refractivity contribution is -0.133. The monoisotopic (exact) mass is 339 g/mol. The van der Waals surface area contributed by atoms with Crippen LogP contribution < -0.4 is 11.1 Å². The number of likely N-dealkylation sites (tertiary alicyclic amines) is 1. The number of anilines is 1. The lowest BCUT2D eigenvalue weighted by atomic mass is 10.2. The first-order chi connectivity index (χ1) is 10.6. The predicted octanol–water partition coefficient (Wildman–Crippen LogP) is 2.09. The molecule has 1 aromatic rings. The maximum absolute atomic E-state index is 12.5. The highest BCUT2D eigenvalue weighted by atomic mass is 35.5. The fourth-order valence-corrected chi connectivity index (χ4v) is 4.20. The van der Waals surface area contributed by atoms with E-state index in [1.807, 2.05) is 11.0 Å². The van der Waals surface area contributed by atoms with Crippen molar-refractivity contribution in [2.45, 2.75) is 35.4 Å². The van der Waals surface area contributed by atoms with Crippen LogP contribution >= 0.6 is 23.4 Å². The summed E-state index contributed by atoms with van der Waals surface area (Å²) < 4.78 is 0.